The van der Waals surface area contributed by atoms with E-state index < -0.39 is 41.9 Å². The second kappa shape index (κ2) is 7.86. The van der Waals surface area contributed by atoms with Gasteiger partial charge < -0.3 is 16.4 Å². The van der Waals surface area contributed by atoms with Crippen molar-refractivity contribution in [3.8, 4) is 11.3 Å². The maximum Gasteiger partial charge on any atom is 0.315 e. The van der Waals surface area contributed by atoms with Crippen LogP contribution in [0.4, 0.5) is 13.6 Å². The first-order chi connectivity index (χ1) is 14.0. The number of carbonyl (C=O) groups is 2. The van der Waals surface area contributed by atoms with Crippen molar-refractivity contribution in [2.24, 2.45) is 16.9 Å². The number of primary amides is 2. The van der Waals surface area contributed by atoms with Crippen LogP contribution >= 0.6 is 11.6 Å². The highest BCUT2D eigenvalue weighted by molar-refractivity contribution is 6.31. The van der Waals surface area contributed by atoms with Crippen molar-refractivity contribution in [2.75, 3.05) is 13.2 Å². The van der Waals surface area contributed by atoms with E-state index in [-0.39, 0.29) is 29.2 Å². The summed E-state index contributed by atoms with van der Waals surface area (Å²) in [7, 11) is 0. The number of alkyl halides is 1. The molecule has 3 amide bonds. The molecule has 0 aliphatic carbocycles. The van der Waals surface area contributed by atoms with Gasteiger partial charge in [-0.3, -0.25) is 13.9 Å². The van der Waals surface area contributed by atoms with Crippen LogP contribution in [-0.4, -0.2) is 39.8 Å². The van der Waals surface area contributed by atoms with Gasteiger partial charge >= 0.3 is 6.03 Å². The molecule has 3 rings (SSSR count). The Labute approximate surface area is 178 Å². The number of fused-ring (bicyclic) bond motifs is 1. The van der Waals surface area contributed by atoms with Gasteiger partial charge in [0.15, 0.2) is 0 Å². The lowest BCUT2D eigenvalue weighted by atomic mass is 9.80. The van der Waals surface area contributed by atoms with E-state index in [2.05, 4.69) is 5.10 Å². The van der Waals surface area contributed by atoms with E-state index in [1.54, 1.807) is 4.68 Å². The maximum atomic E-state index is 13.7. The van der Waals surface area contributed by atoms with Gasteiger partial charge in [-0.05, 0) is 30.0 Å². The Bertz CT molecular complexity index is 1000. The molecule has 0 fully saturated rings. The molecule has 10 heteroatoms. The first-order valence-corrected chi connectivity index (χ1v) is 9.84. The molecule has 2 atom stereocenters. The van der Waals surface area contributed by atoms with Crippen molar-refractivity contribution >= 4 is 23.5 Å². The number of hydrogen-bond acceptors (Lipinski definition) is 3. The van der Waals surface area contributed by atoms with Gasteiger partial charge in [0.2, 0.25) is 0 Å². The number of nitrogens with zero attached hydrogens (tertiary/aromatic N) is 3. The van der Waals surface area contributed by atoms with E-state index in [4.69, 9.17) is 23.1 Å². The number of benzene rings is 1. The molecule has 2 aromatic rings. The normalized spacial score (nSPS) is 18.9. The van der Waals surface area contributed by atoms with Crippen molar-refractivity contribution in [1.29, 1.82) is 0 Å². The molecule has 1 aromatic carbocycles. The summed E-state index contributed by atoms with van der Waals surface area (Å²) in [5.74, 6) is -1.39. The molecule has 1 aliphatic rings. The Balaban J connectivity index is 2.35. The van der Waals surface area contributed by atoms with Crippen LogP contribution in [0, 0.1) is 11.2 Å². The molecule has 7 nitrogen and oxygen atoms in total. The van der Waals surface area contributed by atoms with Crippen molar-refractivity contribution in [3.05, 3.63) is 40.3 Å². The quantitative estimate of drug-likeness (QED) is 0.755. The fourth-order valence-corrected chi connectivity index (χ4v) is 4.25. The average molecular weight is 440 g/mol. The summed E-state index contributed by atoms with van der Waals surface area (Å²) in [5, 5.41) is 4.42. The predicted octanol–water partition coefficient (Wildman–Crippen LogP) is 3.82. The Morgan fingerprint density at radius 2 is 1.97 bits per heavy atom. The summed E-state index contributed by atoms with van der Waals surface area (Å²) in [5.41, 5.74) is 11.9. The molecule has 0 radical (unpaired) electrons. The minimum Gasteiger partial charge on any atom is -0.365 e. The Morgan fingerprint density at radius 3 is 2.47 bits per heavy atom. The molecule has 0 saturated carbocycles. The van der Waals surface area contributed by atoms with Gasteiger partial charge in [0, 0.05) is 12.1 Å². The summed E-state index contributed by atoms with van der Waals surface area (Å²) in [6.07, 6.45) is 0.0666. The van der Waals surface area contributed by atoms with Crippen LogP contribution in [0.25, 0.3) is 11.3 Å². The van der Waals surface area contributed by atoms with Gasteiger partial charge in [-0.1, -0.05) is 32.4 Å². The lowest BCUT2D eigenvalue weighted by Gasteiger charge is -2.45. The molecule has 1 aliphatic heterocycles. The first kappa shape index (κ1) is 22.0. The second-order valence-electron chi connectivity index (χ2n) is 8.44. The molecule has 1 aromatic heterocycles. The molecular formula is C20H24ClF2N5O2. The SMILES string of the molecule is CC(C)(C)C1c2c(C(N)=O)c(-c3ccc(F)c(Cl)c3)nn2C(CCF)CN1C(N)=O. The predicted molar refractivity (Wildman–Crippen MR) is 109 cm³/mol. The fraction of sp³-hybridized carbons (Fsp3) is 0.450. The van der Waals surface area contributed by atoms with Crippen LogP contribution < -0.4 is 11.5 Å². The summed E-state index contributed by atoms with van der Waals surface area (Å²) in [6.45, 7) is 5.15. The molecule has 0 saturated heterocycles. The number of nitrogens with two attached hydrogens (primary N) is 2. The molecule has 0 spiro atoms. The van der Waals surface area contributed by atoms with Gasteiger partial charge in [-0.25, -0.2) is 9.18 Å². The van der Waals surface area contributed by atoms with E-state index in [0.29, 0.717) is 11.3 Å². The summed E-state index contributed by atoms with van der Waals surface area (Å²) in [4.78, 5) is 26.2. The van der Waals surface area contributed by atoms with Crippen LogP contribution in [0.1, 0.15) is 55.3 Å². The molecule has 162 valence electrons. The van der Waals surface area contributed by atoms with Gasteiger partial charge in [-0.2, -0.15) is 5.10 Å². The summed E-state index contributed by atoms with van der Waals surface area (Å²) >= 11 is 5.92. The van der Waals surface area contributed by atoms with Gasteiger partial charge in [-0.15, -0.1) is 0 Å². The molecule has 4 N–H and O–H groups in total. The number of amides is 3. The largest absolute Gasteiger partial charge is 0.365 e. The van der Waals surface area contributed by atoms with E-state index in [9.17, 15) is 18.4 Å². The molecule has 2 unspecified atom stereocenters. The third-order valence-corrected chi connectivity index (χ3v) is 5.55. The van der Waals surface area contributed by atoms with Gasteiger partial charge in [0.1, 0.15) is 11.5 Å². The topological polar surface area (TPSA) is 107 Å². The van der Waals surface area contributed by atoms with Crippen LogP contribution in [0.3, 0.4) is 0 Å². The summed E-state index contributed by atoms with van der Waals surface area (Å²) in [6, 6.07) is 2.08. The third-order valence-electron chi connectivity index (χ3n) is 5.26. The monoisotopic (exact) mass is 439 g/mol. The minimum atomic E-state index is -0.772. The van der Waals surface area contributed by atoms with Crippen LogP contribution in [0.2, 0.25) is 5.02 Å². The van der Waals surface area contributed by atoms with Gasteiger partial charge in [0.25, 0.3) is 5.91 Å². The zero-order valence-corrected chi connectivity index (χ0v) is 17.7. The van der Waals surface area contributed by atoms with E-state index >= 15 is 0 Å². The average Bonchev–Trinajstić information content (AvgIpc) is 3.03. The van der Waals surface area contributed by atoms with E-state index in [0.717, 1.165) is 6.07 Å². The zero-order valence-electron chi connectivity index (χ0n) is 17.0. The zero-order chi connectivity index (χ0) is 22.4. The van der Waals surface area contributed by atoms with Gasteiger partial charge in [0.05, 0.1) is 35.0 Å². The molecule has 0 bridgehead atoms. The number of carbonyl (C=O) groups excluding carboxylic acids is 2. The third kappa shape index (κ3) is 3.74. The van der Waals surface area contributed by atoms with Crippen molar-refractivity contribution in [1.82, 2.24) is 14.7 Å². The lowest BCUT2D eigenvalue weighted by Crippen LogP contribution is -2.51. The smallest absolute Gasteiger partial charge is 0.315 e. The maximum absolute atomic E-state index is 13.7. The Kier molecular flexibility index (Phi) is 5.77. The number of rotatable bonds is 4. The minimum absolute atomic E-state index is 0.0666. The molecule has 30 heavy (non-hydrogen) atoms. The second-order valence-corrected chi connectivity index (χ2v) is 8.84. The van der Waals surface area contributed by atoms with Crippen molar-refractivity contribution < 1.29 is 18.4 Å². The van der Waals surface area contributed by atoms with Crippen LogP contribution in [0.15, 0.2) is 18.2 Å². The first-order valence-electron chi connectivity index (χ1n) is 9.47. The molecule has 2 heterocycles. The van der Waals surface area contributed by atoms with E-state index in [1.165, 1.54) is 17.0 Å². The lowest BCUT2D eigenvalue weighted by molar-refractivity contribution is 0.0726. The van der Waals surface area contributed by atoms with Crippen LogP contribution in [-0.2, 0) is 0 Å². The Morgan fingerprint density at radius 1 is 1.30 bits per heavy atom. The standard InChI is InChI=1S/C20H24ClF2N5O2/c1-20(2,3)17-16-14(18(24)29)15(10-4-5-13(23)12(21)8-10)26-28(16)11(6-7-22)9-27(17)19(25)30/h4-5,8,11,17H,6-7,9H2,1-3H3,(H2,24,29)(H2,25,30). The van der Waals surface area contributed by atoms with Crippen LogP contribution in [0.5, 0.6) is 0 Å². The summed E-state index contributed by atoms with van der Waals surface area (Å²) < 4.78 is 28.5. The van der Waals surface area contributed by atoms with Crippen molar-refractivity contribution in [2.45, 2.75) is 39.3 Å². The highest BCUT2D eigenvalue weighted by atomic mass is 35.5. The van der Waals surface area contributed by atoms with Crippen molar-refractivity contribution in [3.63, 3.8) is 0 Å². The molecular weight excluding hydrogens is 416 g/mol. The number of aromatic nitrogens is 2. The number of hydrogen-bond donors (Lipinski definition) is 2. The highest BCUT2D eigenvalue weighted by Gasteiger charge is 2.45. The van der Waals surface area contributed by atoms with E-state index in [1.807, 2.05) is 20.8 Å². The number of halogens is 3. The fourth-order valence-electron chi connectivity index (χ4n) is 4.07. The highest BCUT2D eigenvalue weighted by Crippen LogP contribution is 2.46. The number of urea groups is 1. The Hall–Kier alpha value is -2.68.